The van der Waals surface area contributed by atoms with Crippen molar-refractivity contribution >= 4 is 28.6 Å². The summed E-state index contributed by atoms with van der Waals surface area (Å²) in [5.74, 6) is 0. The smallest absolute Gasteiger partial charge is 0.679 e. The van der Waals surface area contributed by atoms with E-state index in [1.54, 1.807) is 0 Å². The van der Waals surface area contributed by atoms with Crippen molar-refractivity contribution in [1.29, 1.82) is 0 Å². The van der Waals surface area contributed by atoms with Crippen LogP contribution in [-0.4, -0.2) is 60.0 Å². The molecule has 2 fully saturated rings. The van der Waals surface area contributed by atoms with Gasteiger partial charge in [-0.3, -0.25) is 0 Å². The van der Waals surface area contributed by atoms with Crippen LogP contribution in [0.25, 0.3) is 0 Å². The van der Waals surface area contributed by atoms with E-state index >= 15 is 0 Å². The van der Waals surface area contributed by atoms with Gasteiger partial charge in [0.1, 0.15) is 0 Å². The number of nitrogens with two attached hydrogens (primary N) is 1. The Hall–Kier alpha value is 1.82. The molecule has 0 aromatic rings. The number of rotatable bonds is 0. The Balaban J connectivity index is 0. The first-order valence-electron chi connectivity index (χ1n) is 4.56. The topological polar surface area (TPSA) is 173 Å². The van der Waals surface area contributed by atoms with Gasteiger partial charge in [-0.25, -0.2) is 0 Å². The summed E-state index contributed by atoms with van der Waals surface area (Å²) in [4.78, 5) is 0. The summed E-state index contributed by atoms with van der Waals surface area (Å²) < 4.78 is 21.1. The van der Waals surface area contributed by atoms with Crippen LogP contribution in [-0.2, 0) is 22.9 Å². The molecule has 0 aromatic heterocycles. The normalized spacial score (nSPS) is 34.3. The minimum absolute atomic E-state index is 0. The van der Waals surface area contributed by atoms with Gasteiger partial charge < -0.3 is 53.8 Å². The van der Waals surface area contributed by atoms with E-state index in [1.165, 1.54) is 6.92 Å². The fraction of sp³-hybridized carbons (Fsp3) is 1.00. The average molecular weight is 298 g/mol. The van der Waals surface area contributed by atoms with Crippen LogP contribution in [0.1, 0.15) is 6.92 Å². The summed E-state index contributed by atoms with van der Waals surface area (Å²) in [6.07, 6.45) is -0.667. The monoisotopic (exact) mass is 299 g/mol. The van der Waals surface area contributed by atoms with Crippen molar-refractivity contribution in [3.8, 4) is 0 Å². The molecule has 2 heterocycles. The molecule has 19 heavy (non-hydrogen) atoms. The van der Waals surface area contributed by atoms with Crippen molar-refractivity contribution in [2.75, 3.05) is 0 Å². The van der Waals surface area contributed by atoms with Gasteiger partial charge in [0.05, 0.1) is 6.23 Å². The van der Waals surface area contributed by atoms with E-state index in [4.69, 9.17) is 15.2 Å². The molecule has 0 aromatic carbocycles. The summed E-state index contributed by atoms with van der Waals surface area (Å²) in [5, 5.41) is 43.7. The van der Waals surface area contributed by atoms with E-state index in [2.05, 4.69) is 28.6 Å². The molecule has 2 saturated heterocycles. The Morgan fingerprint density at radius 2 is 1.16 bits per heavy atom. The van der Waals surface area contributed by atoms with Crippen molar-refractivity contribution in [1.82, 2.24) is 0 Å². The number of hydrogen-bond donors (Lipinski definition) is 6. The first kappa shape index (κ1) is 23.1. The summed E-state index contributed by atoms with van der Waals surface area (Å²) in [5.41, 5.74) is 4.67. The van der Waals surface area contributed by atoms with E-state index in [-0.39, 0.29) is 59.1 Å². The molecule has 98 valence electrons. The molecule has 7 N–H and O–H groups in total. The molecule has 0 amide bonds. The minimum Gasteiger partial charge on any atom is -0.679 e. The third-order valence-corrected chi connectivity index (χ3v) is 1.50. The second-order valence-corrected chi connectivity index (χ2v) is 3.24. The van der Waals surface area contributed by atoms with E-state index < -0.39 is 34.8 Å². The molecule has 11 nitrogen and oxygen atoms in total. The van der Waals surface area contributed by atoms with Crippen LogP contribution in [0.4, 0.5) is 0 Å². The van der Waals surface area contributed by atoms with Gasteiger partial charge in [-0.05, 0) is 6.92 Å². The Bertz CT molecular complexity index is 237. The first-order chi connectivity index (χ1) is 7.64. The molecule has 2 bridgehead atoms. The van der Waals surface area contributed by atoms with E-state index in [0.717, 1.165) is 0 Å². The third-order valence-electron chi connectivity index (χ3n) is 1.50. The maximum Gasteiger partial charge on any atom is 1.00 e. The van der Waals surface area contributed by atoms with Gasteiger partial charge in [-0.15, -0.1) is 0 Å². The van der Waals surface area contributed by atoms with Crippen LogP contribution in [0.5, 0.6) is 0 Å². The SMILES string of the molecule is CC(N)O.OB1O[B-]2(O)OB(O)O[B-](O)(O1)O2.[Na+].[Na+]. The van der Waals surface area contributed by atoms with Crippen LogP contribution in [0.3, 0.4) is 0 Å². The predicted molar refractivity (Wildman–Crippen MR) is 53.2 cm³/mol. The fourth-order valence-corrected chi connectivity index (χ4v) is 1.06. The van der Waals surface area contributed by atoms with Crippen LogP contribution in [0, 0.1) is 0 Å². The Morgan fingerprint density at radius 3 is 1.37 bits per heavy atom. The summed E-state index contributed by atoms with van der Waals surface area (Å²) >= 11 is 0. The summed E-state index contributed by atoms with van der Waals surface area (Å²) in [7, 11) is -3.92. The van der Waals surface area contributed by atoms with Gasteiger partial charge in [0.15, 0.2) is 0 Å². The van der Waals surface area contributed by atoms with Crippen LogP contribution in [0.2, 0.25) is 0 Å². The van der Waals surface area contributed by atoms with Crippen molar-refractivity contribution in [2.45, 2.75) is 13.2 Å². The molecule has 17 heteroatoms. The molecule has 1 unspecified atom stereocenters. The van der Waals surface area contributed by atoms with Gasteiger partial charge in [0, 0.05) is 0 Å². The molecular weight excluding hydrogens is 287 g/mol. The zero-order valence-corrected chi connectivity index (χ0v) is 14.7. The first-order valence-corrected chi connectivity index (χ1v) is 4.56. The molecule has 0 spiro atoms. The molecule has 2 aliphatic heterocycles. The van der Waals surface area contributed by atoms with Gasteiger partial charge >= 0.3 is 87.7 Å². The van der Waals surface area contributed by atoms with Crippen LogP contribution >= 0.6 is 0 Å². The molecule has 0 radical (unpaired) electrons. The maximum absolute atomic E-state index is 9.18. The van der Waals surface area contributed by atoms with E-state index in [0.29, 0.717) is 0 Å². The second kappa shape index (κ2) is 9.07. The number of aliphatic hydroxyl groups is 1. The predicted octanol–water partition coefficient (Wildman–Crippen LogP) is -10.8. The standard InChI is InChI=1S/C2H7NO.B4H4O9.2Na/c1-2(3)4;5-1-9-3(7)11-2(6)12-4(8,10-1)13-3;;/h2,4H,3H2,1H3;5-8H;;/q;-2;2*+1. The quantitative estimate of drug-likeness (QED) is 0.185. The van der Waals surface area contributed by atoms with Crippen LogP contribution in [0.15, 0.2) is 0 Å². The molecular formula is C2H11B4NNa2O10. The van der Waals surface area contributed by atoms with Gasteiger partial charge in [0.2, 0.25) is 0 Å². The van der Waals surface area contributed by atoms with Crippen molar-refractivity contribution in [3.05, 3.63) is 0 Å². The maximum atomic E-state index is 9.18. The second-order valence-electron chi connectivity index (χ2n) is 3.24. The van der Waals surface area contributed by atoms with Gasteiger partial charge in [0.25, 0.3) is 0 Å². The average Bonchev–Trinajstić information content (AvgIpc) is 1.92. The largest absolute Gasteiger partial charge is 1.00 e. The minimum atomic E-state index is -3.45. The number of aliphatic hydroxyl groups excluding tert-OH is 1. The van der Waals surface area contributed by atoms with Crippen molar-refractivity contribution in [3.63, 3.8) is 0 Å². The Kier molecular flexibility index (Phi) is 11.0. The van der Waals surface area contributed by atoms with Crippen molar-refractivity contribution in [2.24, 2.45) is 5.73 Å². The van der Waals surface area contributed by atoms with Gasteiger partial charge in [-0.1, -0.05) is 0 Å². The zero-order valence-electron chi connectivity index (χ0n) is 10.7. The zero-order chi connectivity index (χ0) is 13.3. The van der Waals surface area contributed by atoms with Crippen LogP contribution < -0.4 is 64.8 Å². The molecule has 1 atom stereocenters. The van der Waals surface area contributed by atoms with E-state index in [9.17, 15) is 10.0 Å². The Labute approximate surface area is 153 Å². The van der Waals surface area contributed by atoms with Crippen molar-refractivity contribution < 1.29 is 107 Å². The number of fused-ring (bicyclic) bond motifs is 2. The van der Waals surface area contributed by atoms with Gasteiger partial charge in [-0.2, -0.15) is 0 Å². The molecule has 0 saturated carbocycles. The molecule has 0 aliphatic carbocycles. The number of hydrogen-bond acceptors (Lipinski definition) is 11. The Morgan fingerprint density at radius 1 is 0.947 bits per heavy atom. The summed E-state index contributed by atoms with van der Waals surface area (Å²) in [6.45, 7) is -5.40. The molecule has 2 aliphatic rings. The fourth-order valence-electron chi connectivity index (χ4n) is 1.06. The summed E-state index contributed by atoms with van der Waals surface area (Å²) in [6, 6.07) is 0. The van der Waals surface area contributed by atoms with E-state index in [1.807, 2.05) is 0 Å². The third kappa shape index (κ3) is 8.13. The molecule has 2 rings (SSSR count).